The summed E-state index contributed by atoms with van der Waals surface area (Å²) in [6, 6.07) is 18.0. The fourth-order valence-electron chi connectivity index (χ4n) is 3.92. The van der Waals surface area contributed by atoms with Crippen LogP contribution >= 0.6 is 23.1 Å². The summed E-state index contributed by atoms with van der Waals surface area (Å²) in [4.78, 5) is 27.2. The average Bonchev–Trinajstić information content (AvgIpc) is 3.11. The summed E-state index contributed by atoms with van der Waals surface area (Å²) in [5, 5.41) is 15.6. The van der Waals surface area contributed by atoms with Crippen molar-refractivity contribution >= 4 is 45.6 Å². The number of nitrogens with zero attached hydrogens (tertiary/aromatic N) is 1. The van der Waals surface area contributed by atoms with Crippen molar-refractivity contribution in [2.24, 2.45) is 0 Å². The largest absolute Gasteiger partial charge is 0.324 e. The summed E-state index contributed by atoms with van der Waals surface area (Å²) in [6.07, 6.45) is 1.73. The maximum Gasteiger partial charge on any atom is 0.238 e. The normalized spacial score (nSPS) is 16.5. The van der Waals surface area contributed by atoms with E-state index >= 15 is 0 Å². The van der Waals surface area contributed by atoms with Gasteiger partial charge in [0.05, 0.1) is 16.5 Å². The van der Waals surface area contributed by atoms with Crippen LogP contribution in [0.25, 0.3) is 10.4 Å². The highest BCUT2D eigenvalue weighted by molar-refractivity contribution is 8.01. The van der Waals surface area contributed by atoms with E-state index < -0.39 is 5.25 Å². The van der Waals surface area contributed by atoms with Crippen LogP contribution in [-0.4, -0.2) is 17.1 Å². The van der Waals surface area contributed by atoms with E-state index in [-0.39, 0.29) is 18.2 Å². The number of thioether (sulfide) groups is 1. The first-order chi connectivity index (χ1) is 14.6. The summed E-state index contributed by atoms with van der Waals surface area (Å²) in [5.74, 6) is -0.431. The fourth-order valence-corrected chi connectivity index (χ4v) is 6.31. The van der Waals surface area contributed by atoms with Crippen molar-refractivity contribution < 1.29 is 9.59 Å². The molecular weight excluding hydrogens is 414 g/mol. The molecule has 3 aromatic rings. The number of nitrogens with one attached hydrogen (secondary N) is 2. The van der Waals surface area contributed by atoms with Gasteiger partial charge in [-0.25, -0.2) is 0 Å². The maximum absolute atomic E-state index is 12.8. The van der Waals surface area contributed by atoms with Gasteiger partial charge in [-0.1, -0.05) is 36.4 Å². The van der Waals surface area contributed by atoms with Crippen LogP contribution < -0.4 is 10.6 Å². The van der Waals surface area contributed by atoms with E-state index in [9.17, 15) is 14.9 Å². The van der Waals surface area contributed by atoms with Gasteiger partial charge < -0.3 is 10.6 Å². The number of nitriles is 1. The first-order valence-electron chi connectivity index (χ1n) is 9.64. The van der Waals surface area contributed by atoms with Crippen LogP contribution in [0.5, 0.6) is 0 Å². The molecule has 2 heterocycles. The molecule has 2 aromatic carbocycles. The van der Waals surface area contributed by atoms with Gasteiger partial charge in [0.25, 0.3) is 0 Å². The second-order valence-corrected chi connectivity index (χ2v) is 9.49. The minimum atomic E-state index is -0.499. The van der Waals surface area contributed by atoms with Crippen molar-refractivity contribution in [2.75, 3.05) is 10.6 Å². The quantitative estimate of drug-likeness (QED) is 0.622. The van der Waals surface area contributed by atoms with Crippen molar-refractivity contribution in [3.63, 3.8) is 0 Å². The second kappa shape index (κ2) is 7.63. The van der Waals surface area contributed by atoms with Gasteiger partial charge in [0.2, 0.25) is 11.8 Å². The smallest absolute Gasteiger partial charge is 0.238 e. The number of anilines is 2. The monoisotopic (exact) mass is 431 g/mol. The Bertz CT molecular complexity index is 1230. The van der Waals surface area contributed by atoms with E-state index in [1.165, 1.54) is 28.7 Å². The molecule has 148 valence electrons. The number of carbonyl (C=O) groups excluding carboxylic acids is 2. The van der Waals surface area contributed by atoms with Crippen LogP contribution in [0.3, 0.4) is 0 Å². The van der Waals surface area contributed by atoms with E-state index in [0.717, 1.165) is 39.4 Å². The summed E-state index contributed by atoms with van der Waals surface area (Å²) in [5.41, 5.74) is 4.74. The Morgan fingerprint density at radius 1 is 1.17 bits per heavy atom. The van der Waals surface area contributed by atoms with Crippen LogP contribution in [0.1, 0.15) is 23.1 Å². The number of rotatable bonds is 3. The Labute approximate surface area is 182 Å². The molecule has 2 amide bonds. The van der Waals surface area contributed by atoms with E-state index in [2.05, 4.69) is 28.8 Å². The third kappa shape index (κ3) is 3.28. The molecule has 7 heteroatoms. The van der Waals surface area contributed by atoms with Gasteiger partial charge in [0, 0.05) is 16.2 Å². The first-order valence-corrected chi connectivity index (χ1v) is 11.3. The molecule has 0 radical (unpaired) electrons. The Balaban J connectivity index is 1.37. The van der Waals surface area contributed by atoms with E-state index in [0.29, 0.717) is 10.6 Å². The lowest BCUT2D eigenvalue weighted by molar-refractivity contribution is -0.120. The molecule has 1 aliphatic heterocycles. The molecule has 1 unspecified atom stereocenters. The Morgan fingerprint density at radius 2 is 1.97 bits per heavy atom. The number of hydrogen-bond donors (Lipinski definition) is 2. The second-order valence-electron chi connectivity index (χ2n) is 7.23. The van der Waals surface area contributed by atoms with Gasteiger partial charge in [-0.2, -0.15) is 5.26 Å². The molecule has 0 bridgehead atoms. The lowest BCUT2D eigenvalue weighted by atomic mass is 9.90. The number of fused-ring (bicyclic) bond motifs is 4. The molecule has 2 aliphatic rings. The van der Waals surface area contributed by atoms with Crippen molar-refractivity contribution in [3.8, 4) is 16.5 Å². The minimum Gasteiger partial charge on any atom is -0.324 e. The summed E-state index contributed by atoms with van der Waals surface area (Å²) in [7, 11) is 0. The van der Waals surface area contributed by atoms with Crippen LogP contribution in [0.2, 0.25) is 0 Å². The zero-order valence-corrected chi connectivity index (χ0v) is 17.5. The van der Waals surface area contributed by atoms with Crippen LogP contribution in [0.15, 0.2) is 53.4 Å². The number of benzene rings is 2. The van der Waals surface area contributed by atoms with Gasteiger partial charge in [-0.05, 0) is 41.7 Å². The van der Waals surface area contributed by atoms with Crippen LogP contribution in [0, 0.1) is 11.3 Å². The summed E-state index contributed by atoms with van der Waals surface area (Å²) >= 11 is 2.84. The molecule has 1 aromatic heterocycles. The van der Waals surface area contributed by atoms with Gasteiger partial charge >= 0.3 is 0 Å². The summed E-state index contributed by atoms with van der Waals surface area (Å²) < 4.78 is 0. The number of aryl methyl sites for hydroxylation is 1. The molecule has 5 rings (SSSR count). The maximum atomic E-state index is 12.8. The Kier molecular flexibility index (Phi) is 4.81. The molecule has 30 heavy (non-hydrogen) atoms. The number of para-hydroxylation sites is 1. The van der Waals surface area contributed by atoms with E-state index in [1.807, 2.05) is 36.4 Å². The first kappa shape index (κ1) is 18.9. The van der Waals surface area contributed by atoms with Gasteiger partial charge in [-0.15, -0.1) is 23.1 Å². The predicted octanol–water partition coefficient (Wildman–Crippen LogP) is 4.83. The fraction of sp³-hybridized carbons (Fsp3) is 0.174. The lowest BCUT2D eigenvalue weighted by Crippen LogP contribution is -2.32. The van der Waals surface area contributed by atoms with Crippen molar-refractivity contribution in [1.82, 2.24) is 0 Å². The zero-order valence-electron chi connectivity index (χ0n) is 15.9. The molecule has 2 N–H and O–H groups in total. The third-order valence-corrected chi connectivity index (χ3v) is 7.81. The SMILES string of the molecule is N#Cc1c(NC(=O)CC2Sc3ccccc3NC2=O)sc2c1CCc1ccccc1-2. The summed E-state index contributed by atoms with van der Waals surface area (Å²) in [6.45, 7) is 0. The number of amides is 2. The van der Waals surface area contributed by atoms with Gasteiger partial charge in [0.1, 0.15) is 11.1 Å². The zero-order chi connectivity index (χ0) is 20.7. The molecule has 1 aliphatic carbocycles. The van der Waals surface area contributed by atoms with Crippen molar-refractivity contribution in [2.45, 2.75) is 29.4 Å². The van der Waals surface area contributed by atoms with Crippen LogP contribution in [-0.2, 0) is 22.4 Å². The van der Waals surface area contributed by atoms with Crippen molar-refractivity contribution in [3.05, 3.63) is 65.2 Å². The van der Waals surface area contributed by atoms with Crippen LogP contribution in [0.4, 0.5) is 10.7 Å². The van der Waals surface area contributed by atoms with Gasteiger partial charge in [0.15, 0.2) is 0 Å². The van der Waals surface area contributed by atoms with E-state index in [1.54, 1.807) is 0 Å². The number of hydrogen-bond acceptors (Lipinski definition) is 5. The minimum absolute atomic E-state index is 0.0505. The molecule has 0 spiro atoms. The van der Waals surface area contributed by atoms with Gasteiger partial charge in [-0.3, -0.25) is 9.59 Å². The predicted molar refractivity (Wildman–Crippen MR) is 120 cm³/mol. The topological polar surface area (TPSA) is 82.0 Å². The molecular formula is C23H17N3O2S2. The highest BCUT2D eigenvalue weighted by atomic mass is 32.2. The molecule has 0 saturated heterocycles. The molecule has 1 atom stereocenters. The average molecular weight is 432 g/mol. The number of thiophene rings is 1. The molecule has 0 fully saturated rings. The van der Waals surface area contributed by atoms with Crippen molar-refractivity contribution in [1.29, 1.82) is 5.26 Å². The highest BCUT2D eigenvalue weighted by Crippen LogP contribution is 2.45. The highest BCUT2D eigenvalue weighted by Gasteiger charge is 2.30. The standard InChI is InChI=1S/C23H17N3O2S2/c24-12-16-15-10-9-13-5-1-2-6-14(13)21(15)30-23(16)26-20(27)11-19-22(28)25-17-7-3-4-8-18(17)29-19/h1-8,19H,9-11H2,(H,25,28)(H,26,27). The lowest BCUT2D eigenvalue weighted by Gasteiger charge is -2.23. The van der Waals surface area contributed by atoms with E-state index in [4.69, 9.17) is 0 Å². The molecule has 5 nitrogen and oxygen atoms in total. The molecule has 0 saturated carbocycles. The number of carbonyl (C=O) groups is 2. The Hall–Kier alpha value is -3.08. The Morgan fingerprint density at radius 3 is 2.83 bits per heavy atom. The third-order valence-electron chi connectivity index (χ3n) is 5.36.